The van der Waals surface area contributed by atoms with Gasteiger partial charge in [0.05, 0.1) is 21.6 Å². The molecule has 1 fully saturated rings. The van der Waals surface area contributed by atoms with Crippen molar-refractivity contribution in [1.82, 2.24) is 9.88 Å². The van der Waals surface area contributed by atoms with E-state index in [1.165, 1.54) is 17.0 Å². The first kappa shape index (κ1) is 22.2. The van der Waals surface area contributed by atoms with E-state index in [0.717, 1.165) is 27.4 Å². The Balaban J connectivity index is 1.52. The molecule has 1 saturated heterocycles. The van der Waals surface area contributed by atoms with E-state index in [4.69, 9.17) is 4.74 Å². The van der Waals surface area contributed by atoms with Gasteiger partial charge >= 0.3 is 6.09 Å². The number of rotatable bonds is 6. The van der Waals surface area contributed by atoms with E-state index in [9.17, 15) is 9.18 Å². The third-order valence-electron chi connectivity index (χ3n) is 6.14. The predicted octanol–water partition coefficient (Wildman–Crippen LogP) is 6.94. The predicted molar refractivity (Wildman–Crippen MR) is 126 cm³/mol. The minimum atomic E-state index is -0.811. The van der Waals surface area contributed by atoms with E-state index in [1.54, 1.807) is 34.4 Å². The number of carbonyl (C=O) groups is 1. The lowest BCUT2D eigenvalue weighted by atomic mass is 9.85. The minimum Gasteiger partial charge on any atom is -0.437 e. The molecule has 166 valence electrons. The van der Waals surface area contributed by atoms with E-state index in [0.29, 0.717) is 19.4 Å². The number of halogens is 1. The van der Waals surface area contributed by atoms with Gasteiger partial charge < -0.3 is 9.64 Å². The maximum Gasteiger partial charge on any atom is 0.411 e. The Morgan fingerprint density at radius 2 is 1.91 bits per heavy atom. The molecule has 2 atom stereocenters. The van der Waals surface area contributed by atoms with Gasteiger partial charge in [-0.25, -0.2) is 14.2 Å². The Kier molecular flexibility index (Phi) is 6.15. The van der Waals surface area contributed by atoms with Crippen LogP contribution in [0.3, 0.4) is 0 Å². The van der Waals surface area contributed by atoms with Crippen LogP contribution in [0.25, 0.3) is 10.4 Å². The second kappa shape index (κ2) is 8.87. The van der Waals surface area contributed by atoms with Gasteiger partial charge in [0.2, 0.25) is 0 Å². The number of benzene rings is 2. The average molecular weight is 451 g/mol. The Bertz CT molecular complexity index is 1120. The van der Waals surface area contributed by atoms with Crippen LogP contribution in [0.15, 0.2) is 61.2 Å². The SMILES string of the molecule is C=CC[C@]1(c2ccc(F)cc2)CCN([C@@H](C)c2ccc(-c3sc(C)nc3C)cc2)C(=O)O1. The van der Waals surface area contributed by atoms with E-state index >= 15 is 0 Å². The van der Waals surface area contributed by atoms with E-state index in [1.807, 2.05) is 20.8 Å². The summed E-state index contributed by atoms with van der Waals surface area (Å²) in [6.07, 6.45) is 2.47. The zero-order valence-electron chi connectivity index (χ0n) is 18.6. The zero-order valence-corrected chi connectivity index (χ0v) is 19.4. The molecule has 2 aromatic carbocycles. The molecule has 0 saturated carbocycles. The smallest absolute Gasteiger partial charge is 0.411 e. The quantitative estimate of drug-likeness (QED) is 0.382. The number of carbonyl (C=O) groups excluding carboxylic acids is 1. The van der Waals surface area contributed by atoms with Gasteiger partial charge in [0, 0.05) is 19.4 Å². The molecule has 0 bridgehead atoms. The molecular formula is C26H27FN2O2S. The van der Waals surface area contributed by atoms with Crippen LogP contribution in [-0.4, -0.2) is 22.5 Å². The summed E-state index contributed by atoms with van der Waals surface area (Å²) in [5.74, 6) is -0.313. The molecule has 0 N–H and O–H groups in total. The fraction of sp³-hybridized carbons (Fsp3) is 0.308. The molecule has 1 aliphatic rings. The second-order valence-corrected chi connectivity index (χ2v) is 9.45. The zero-order chi connectivity index (χ0) is 22.9. The molecule has 1 amide bonds. The first-order chi connectivity index (χ1) is 15.3. The maximum atomic E-state index is 13.4. The highest BCUT2D eigenvalue weighted by Gasteiger charge is 2.42. The average Bonchev–Trinajstić information content (AvgIpc) is 3.12. The lowest BCUT2D eigenvalue weighted by Crippen LogP contribution is -2.48. The molecular weight excluding hydrogens is 423 g/mol. The summed E-state index contributed by atoms with van der Waals surface area (Å²) in [5.41, 5.74) is 3.19. The highest BCUT2D eigenvalue weighted by molar-refractivity contribution is 7.15. The number of hydrogen-bond donors (Lipinski definition) is 0. The molecule has 4 nitrogen and oxygen atoms in total. The standard InChI is InChI=1S/C26H27FN2O2S/c1-5-14-26(22-10-12-23(27)13-11-22)15-16-29(25(30)31-26)18(3)20-6-8-21(9-7-20)24-17(2)28-19(4)32-24/h5-13,18H,1,14-16H2,2-4H3/t18-,26+/m0/s1. The largest absolute Gasteiger partial charge is 0.437 e. The molecule has 0 aliphatic carbocycles. The Morgan fingerprint density at radius 3 is 2.47 bits per heavy atom. The van der Waals surface area contributed by atoms with Crippen LogP contribution in [0.4, 0.5) is 9.18 Å². The number of ether oxygens (including phenoxy) is 1. The van der Waals surface area contributed by atoms with E-state index in [-0.39, 0.29) is 18.0 Å². The molecule has 1 aromatic heterocycles. The number of hydrogen-bond acceptors (Lipinski definition) is 4. The molecule has 32 heavy (non-hydrogen) atoms. The number of nitrogens with zero attached hydrogens (tertiary/aromatic N) is 2. The van der Waals surface area contributed by atoms with Crippen molar-refractivity contribution in [2.75, 3.05) is 6.54 Å². The summed E-state index contributed by atoms with van der Waals surface area (Å²) in [6.45, 7) is 10.4. The van der Waals surface area contributed by atoms with E-state index < -0.39 is 5.60 Å². The van der Waals surface area contributed by atoms with Crippen LogP contribution in [0, 0.1) is 19.7 Å². The highest BCUT2D eigenvalue weighted by atomic mass is 32.1. The molecule has 4 rings (SSSR count). The van der Waals surface area contributed by atoms with Crippen molar-refractivity contribution in [3.05, 3.63) is 88.8 Å². The van der Waals surface area contributed by atoms with Gasteiger partial charge in [0.25, 0.3) is 0 Å². The maximum absolute atomic E-state index is 13.4. The van der Waals surface area contributed by atoms with E-state index in [2.05, 4.69) is 35.8 Å². The Hall–Kier alpha value is -2.99. The van der Waals surface area contributed by atoms with Gasteiger partial charge in [0.15, 0.2) is 0 Å². The van der Waals surface area contributed by atoms with Crippen molar-refractivity contribution in [1.29, 1.82) is 0 Å². The summed E-state index contributed by atoms with van der Waals surface area (Å²) >= 11 is 1.69. The van der Waals surface area contributed by atoms with Gasteiger partial charge in [-0.2, -0.15) is 0 Å². The van der Waals surface area contributed by atoms with Crippen molar-refractivity contribution < 1.29 is 13.9 Å². The highest BCUT2D eigenvalue weighted by Crippen LogP contribution is 2.40. The Labute approximate surface area is 192 Å². The number of amides is 1. The van der Waals surface area contributed by atoms with Crippen LogP contribution in [0.5, 0.6) is 0 Å². The molecule has 0 spiro atoms. The fourth-order valence-electron chi connectivity index (χ4n) is 4.36. The summed E-state index contributed by atoms with van der Waals surface area (Å²) in [6, 6.07) is 14.3. The van der Waals surface area contributed by atoms with Crippen LogP contribution in [0.1, 0.15) is 47.6 Å². The van der Waals surface area contributed by atoms with Crippen LogP contribution < -0.4 is 0 Å². The van der Waals surface area contributed by atoms with Gasteiger partial charge in [-0.15, -0.1) is 17.9 Å². The Morgan fingerprint density at radius 1 is 1.22 bits per heavy atom. The van der Waals surface area contributed by atoms with Gasteiger partial charge in [0.1, 0.15) is 11.4 Å². The van der Waals surface area contributed by atoms with Gasteiger partial charge in [-0.05, 0) is 49.6 Å². The molecule has 3 aromatic rings. The molecule has 6 heteroatoms. The van der Waals surface area contributed by atoms with Crippen molar-refractivity contribution in [3.8, 4) is 10.4 Å². The van der Waals surface area contributed by atoms with Crippen LogP contribution in [-0.2, 0) is 10.3 Å². The van der Waals surface area contributed by atoms with Crippen molar-refractivity contribution in [3.63, 3.8) is 0 Å². The van der Waals surface area contributed by atoms with Crippen molar-refractivity contribution in [2.24, 2.45) is 0 Å². The van der Waals surface area contributed by atoms with Crippen molar-refractivity contribution in [2.45, 2.75) is 45.3 Å². The third-order valence-corrected chi connectivity index (χ3v) is 7.27. The molecule has 0 unspecified atom stereocenters. The number of aryl methyl sites for hydroxylation is 2. The number of cyclic esters (lactones) is 1. The first-order valence-electron chi connectivity index (χ1n) is 10.7. The molecule has 0 radical (unpaired) electrons. The molecule has 2 heterocycles. The summed E-state index contributed by atoms with van der Waals surface area (Å²) in [5, 5.41) is 1.05. The molecule has 1 aliphatic heterocycles. The number of aromatic nitrogens is 1. The van der Waals surface area contributed by atoms with Crippen LogP contribution in [0.2, 0.25) is 0 Å². The third kappa shape index (κ3) is 4.19. The normalized spacial score (nSPS) is 19.5. The van der Waals surface area contributed by atoms with Crippen molar-refractivity contribution >= 4 is 17.4 Å². The summed E-state index contributed by atoms with van der Waals surface area (Å²) in [4.78, 5) is 20.5. The monoisotopic (exact) mass is 450 g/mol. The fourth-order valence-corrected chi connectivity index (χ4v) is 5.29. The summed E-state index contributed by atoms with van der Waals surface area (Å²) in [7, 11) is 0. The lowest BCUT2D eigenvalue weighted by molar-refractivity contribution is -0.0588. The second-order valence-electron chi connectivity index (χ2n) is 8.25. The first-order valence-corrected chi connectivity index (χ1v) is 11.6. The topological polar surface area (TPSA) is 42.4 Å². The van der Waals surface area contributed by atoms with Crippen LogP contribution >= 0.6 is 11.3 Å². The van der Waals surface area contributed by atoms with Gasteiger partial charge in [-0.3, -0.25) is 0 Å². The number of thiazole rings is 1. The lowest BCUT2D eigenvalue weighted by Gasteiger charge is -2.43. The summed E-state index contributed by atoms with van der Waals surface area (Å²) < 4.78 is 19.4. The minimum absolute atomic E-state index is 0.129. The van der Waals surface area contributed by atoms with Gasteiger partial charge in [-0.1, -0.05) is 42.5 Å².